The lowest BCUT2D eigenvalue weighted by atomic mass is 10.0. The highest BCUT2D eigenvalue weighted by Crippen LogP contribution is 2.15. The minimum absolute atomic E-state index is 0.515. The first-order valence-electron chi connectivity index (χ1n) is 5.97. The van der Waals surface area contributed by atoms with E-state index in [2.05, 4.69) is 39.6 Å². The lowest BCUT2D eigenvalue weighted by Crippen LogP contribution is -2.40. The van der Waals surface area contributed by atoms with Gasteiger partial charge in [0.15, 0.2) is 0 Å². The third-order valence-corrected chi connectivity index (χ3v) is 3.12. The third-order valence-electron chi connectivity index (χ3n) is 3.12. The predicted molar refractivity (Wildman–Crippen MR) is 66.9 cm³/mol. The molecule has 0 amide bonds. The normalized spacial score (nSPS) is 15.5. The molecular weight excluding hydrogens is 210 g/mol. The van der Waals surface area contributed by atoms with Crippen LogP contribution in [-0.2, 0) is 6.42 Å². The summed E-state index contributed by atoms with van der Waals surface area (Å²) >= 11 is 0. The Morgan fingerprint density at radius 2 is 1.71 bits per heavy atom. The van der Waals surface area contributed by atoms with Gasteiger partial charge in [0.1, 0.15) is 5.82 Å². The van der Waals surface area contributed by atoms with Gasteiger partial charge in [0, 0.05) is 37.8 Å². The molecule has 0 radical (unpaired) electrons. The second-order valence-electron chi connectivity index (χ2n) is 4.47. The summed E-state index contributed by atoms with van der Waals surface area (Å²) in [4.78, 5) is 8.89. The molecule has 1 N–H and O–H groups in total. The van der Waals surface area contributed by atoms with Crippen LogP contribution in [0.15, 0.2) is 42.7 Å². The number of aromatic nitrogens is 2. The van der Waals surface area contributed by atoms with Crippen molar-refractivity contribution in [3.05, 3.63) is 59.7 Å². The highest BCUT2D eigenvalue weighted by atomic mass is 15.0. The second kappa shape index (κ2) is 4.63. The molecule has 0 bridgehead atoms. The van der Waals surface area contributed by atoms with Crippen molar-refractivity contribution in [1.82, 2.24) is 15.3 Å². The minimum atomic E-state index is 0.515. The smallest absolute Gasteiger partial charge is 0.133 e. The fourth-order valence-electron chi connectivity index (χ4n) is 1.97. The molecule has 1 aliphatic rings. The molecule has 1 aliphatic heterocycles. The molecule has 3 rings (SSSR count). The molecular formula is C14H15N3. The lowest BCUT2D eigenvalue weighted by Gasteiger charge is -2.25. The summed E-state index contributed by atoms with van der Waals surface area (Å²) in [6, 6.07) is 10.4. The molecule has 0 unspecified atom stereocenters. The van der Waals surface area contributed by atoms with Crippen molar-refractivity contribution in [2.24, 2.45) is 0 Å². The van der Waals surface area contributed by atoms with Crippen LogP contribution in [0.1, 0.15) is 22.9 Å². The Kier molecular flexibility index (Phi) is 2.84. The average molecular weight is 225 g/mol. The Labute approximate surface area is 101 Å². The largest absolute Gasteiger partial charge is 0.315 e. The van der Waals surface area contributed by atoms with Gasteiger partial charge in [-0.25, -0.2) is 9.97 Å². The Balaban J connectivity index is 1.72. The van der Waals surface area contributed by atoms with Gasteiger partial charge in [-0.3, -0.25) is 0 Å². The Morgan fingerprint density at radius 1 is 1.00 bits per heavy atom. The SMILES string of the molecule is c1ccc(Cc2cnc(C3CNC3)nc2)cc1. The molecule has 0 atom stereocenters. The second-order valence-corrected chi connectivity index (χ2v) is 4.47. The van der Waals surface area contributed by atoms with Crippen molar-refractivity contribution >= 4 is 0 Å². The summed E-state index contributed by atoms with van der Waals surface area (Å²) < 4.78 is 0. The van der Waals surface area contributed by atoms with Gasteiger partial charge in [-0.05, 0) is 11.1 Å². The van der Waals surface area contributed by atoms with Crippen LogP contribution in [0.3, 0.4) is 0 Å². The standard InChI is InChI=1S/C14H15N3/c1-2-4-11(5-3-1)6-12-7-16-14(17-8-12)13-9-15-10-13/h1-5,7-8,13,15H,6,9-10H2. The van der Waals surface area contributed by atoms with Crippen LogP contribution >= 0.6 is 0 Å². The summed E-state index contributed by atoms with van der Waals surface area (Å²) in [7, 11) is 0. The summed E-state index contributed by atoms with van der Waals surface area (Å²) in [5, 5.41) is 3.23. The first-order valence-corrected chi connectivity index (χ1v) is 5.97. The van der Waals surface area contributed by atoms with E-state index in [-0.39, 0.29) is 0 Å². The molecule has 17 heavy (non-hydrogen) atoms. The van der Waals surface area contributed by atoms with Gasteiger partial charge in [-0.2, -0.15) is 0 Å². The van der Waals surface area contributed by atoms with E-state index in [0.717, 1.165) is 25.3 Å². The molecule has 0 aliphatic carbocycles. The molecule has 0 saturated carbocycles. The van der Waals surface area contributed by atoms with Crippen LogP contribution in [0.2, 0.25) is 0 Å². The first kappa shape index (κ1) is 10.4. The van der Waals surface area contributed by atoms with Crippen molar-refractivity contribution in [1.29, 1.82) is 0 Å². The number of benzene rings is 1. The van der Waals surface area contributed by atoms with Gasteiger partial charge in [0.05, 0.1) is 0 Å². The predicted octanol–water partition coefficient (Wildman–Crippen LogP) is 1.75. The van der Waals surface area contributed by atoms with Crippen molar-refractivity contribution in [2.75, 3.05) is 13.1 Å². The van der Waals surface area contributed by atoms with Gasteiger partial charge in [-0.15, -0.1) is 0 Å². The fraction of sp³-hybridized carbons (Fsp3) is 0.286. The zero-order chi connectivity index (χ0) is 11.5. The van der Waals surface area contributed by atoms with E-state index in [4.69, 9.17) is 0 Å². The summed E-state index contributed by atoms with van der Waals surface area (Å²) in [5.41, 5.74) is 2.47. The van der Waals surface area contributed by atoms with E-state index < -0.39 is 0 Å². The van der Waals surface area contributed by atoms with Crippen molar-refractivity contribution < 1.29 is 0 Å². The zero-order valence-electron chi connectivity index (χ0n) is 9.63. The highest BCUT2D eigenvalue weighted by Gasteiger charge is 2.21. The maximum Gasteiger partial charge on any atom is 0.133 e. The molecule has 2 aromatic rings. The van der Waals surface area contributed by atoms with Gasteiger partial charge < -0.3 is 5.32 Å². The number of nitrogens with one attached hydrogen (secondary N) is 1. The van der Waals surface area contributed by atoms with E-state index in [1.807, 2.05) is 18.5 Å². The molecule has 3 nitrogen and oxygen atoms in total. The number of hydrogen-bond donors (Lipinski definition) is 1. The van der Waals surface area contributed by atoms with Gasteiger partial charge in [-0.1, -0.05) is 30.3 Å². The van der Waals surface area contributed by atoms with Crippen LogP contribution in [0.5, 0.6) is 0 Å². The number of rotatable bonds is 3. The average Bonchev–Trinajstić information content (AvgIpc) is 2.31. The summed E-state index contributed by atoms with van der Waals surface area (Å²) in [6.45, 7) is 2.02. The van der Waals surface area contributed by atoms with E-state index in [0.29, 0.717) is 5.92 Å². The molecule has 0 spiro atoms. The van der Waals surface area contributed by atoms with E-state index in [9.17, 15) is 0 Å². The topological polar surface area (TPSA) is 37.8 Å². The van der Waals surface area contributed by atoms with Crippen LogP contribution in [0.4, 0.5) is 0 Å². The maximum absolute atomic E-state index is 4.45. The Morgan fingerprint density at radius 3 is 2.29 bits per heavy atom. The first-order chi connectivity index (χ1) is 8.42. The molecule has 1 aromatic carbocycles. The van der Waals surface area contributed by atoms with E-state index >= 15 is 0 Å². The van der Waals surface area contributed by atoms with E-state index in [1.165, 1.54) is 11.1 Å². The minimum Gasteiger partial charge on any atom is -0.315 e. The molecule has 1 aromatic heterocycles. The maximum atomic E-state index is 4.45. The van der Waals surface area contributed by atoms with Crippen molar-refractivity contribution in [3.63, 3.8) is 0 Å². The van der Waals surface area contributed by atoms with E-state index in [1.54, 1.807) is 0 Å². The summed E-state index contributed by atoms with van der Waals surface area (Å²) in [5.74, 6) is 1.49. The molecule has 1 fully saturated rings. The number of nitrogens with zero attached hydrogens (tertiary/aromatic N) is 2. The van der Waals surface area contributed by atoms with Crippen LogP contribution < -0.4 is 5.32 Å². The van der Waals surface area contributed by atoms with Gasteiger partial charge in [0.25, 0.3) is 0 Å². The highest BCUT2D eigenvalue weighted by molar-refractivity contribution is 5.23. The monoisotopic (exact) mass is 225 g/mol. The van der Waals surface area contributed by atoms with Crippen LogP contribution in [0, 0.1) is 0 Å². The van der Waals surface area contributed by atoms with Crippen molar-refractivity contribution in [2.45, 2.75) is 12.3 Å². The molecule has 2 heterocycles. The van der Waals surface area contributed by atoms with Gasteiger partial charge >= 0.3 is 0 Å². The quantitative estimate of drug-likeness (QED) is 0.865. The Bertz CT molecular complexity index is 475. The summed E-state index contributed by atoms with van der Waals surface area (Å²) in [6.07, 6.45) is 4.81. The zero-order valence-corrected chi connectivity index (χ0v) is 9.63. The van der Waals surface area contributed by atoms with Gasteiger partial charge in [0.2, 0.25) is 0 Å². The Hall–Kier alpha value is -1.74. The van der Waals surface area contributed by atoms with Crippen molar-refractivity contribution in [3.8, 4) is 0 Å². The lowest BCUT2D eigenvalue weighted by molar-refractivity contribution is 0.429. The third kappa shape index (κ3) is 2.34. The number of hydrogen-bond acceptors (Lipinski definition) is 3. The molecule has 1 saturated heterocycles. The van der Waals surface area contributed by atoms with Crippen LogP contribution in [-0.4, -0.2) is 23.1 Å². The fourth-order valence-corrected chi connectivity index (χ4v) is 1.97. The molecule has 86 valence electrons. The molecule has 3 heteroatoms. The van der Waals surface area contributed by atoms with Crippen LogP contribution in [0.25, 0.3) is 0 Å².